The molecule has 14 heavy (non-hydrogen) atoms. The zero-order chi connectivity index (χ0) is 9.97. The standard InChI is InChI=1S/C11H12N2O/c1-9-12-6-7-13(9)11-4-2-10(8-14)3-5-11/h2-7,14H,8H2,1H3. The Hall–Kier alpha value is -1.61. The second-order valence-electron chi connectivity index (χ2n) is 3.17. The van der Waals surface area contributed by atoms with Crippen molar-refractivity contribution in [3.8, 4) is 5.69 Å². The predicted molar refractivity (Wildman–Crippen MR) is 54.2 cm³/mol. The van der Waals surface area contributed by atoms with Gasteiger partial charge in [0.05, 0.1) is 6.61 Å². The van der Waals surface area contributed by atoms with E-state index in [9.17, 15) is 0 Å². The largest absolute Gasteiger partial charge is 0.392 e. The van der Waals surface area contributed by atoms with Gasteiger partial charge in [0.1, 0.15) is 5.82 Å². The fourth-order valence-corrected chi connectivity index (χ4v) is 1.41. The van der Waals surface area contributed by atoms with E-state index in [-0.39, 0.29) is 6.61 Å². The molecule has 1 heterocycles. The number of rotatable bonds is 2. The number of hydrogen-bond donors (Lipinski definition) is 1. The maximum Gasteiger partial charge on any atom is 0.110 e. The number of imidazole rings is 1. The minimum Gasteiger partial charge on any atom is -0.392 e. The maximum atomic E-state index is 8.89. The monoisotopic (exact) mass is 188 g/mol. The zero-order valence-corrected chi connectivity index (χ0v) is 8.01. The molecule has 0 atom stereocenters. The maximum absolute atomic E-state index is 8.89. The Bertz CT molecular complexity index is 417. The summed E-state index contributed by atoms with van der Waals surface area (Å²) in [5.74, 6) is 0.960. The third-order valence-electron chi connectivity index (χ3n) is 2.22. The van der Waals surface area contributed by atoms with Crippen LogP contribution in [-0.4, -0.2) is 14.7 Å². The topological polar surface area (TPSA) is 38.0 Å². The van der Waals surface area contributed by atoms with Gasteiger partial charge in [-0.05, 0) is 24.6 Å². The number of aliphatic hydroxyl groups is 1. The van der Waals surface area contributed by atoms with Crippen molar-refractivity contribution >= 4 is 0 Å². The molecule has 0 aliphatic rings. The van der Waals surface area contributed by atoms with Crippen molar-refractivity contribution in [1.29, 1.82) is 0 Å². The quantitative estimate of drug-likeness (QED) is 0.778. The van der Waals surface area contributed by atoms with Gasteiger partial charge < -0.3 is 9.67 Å². The van der Waals surface area contributed by atoms with Crippen molar-refractivity contribution in [1.82, 2.24) is 9.55 Å². The normalized spacial score (nSPS) is 10.4. The molecule has 1 aromatic heterocycles. The highest BCUT2D eigenvalue weighted by Gasteiger charge is 1.99. The van der Waals surface area contributed by atoms with Crippen LogP contribution in [-0.2, 0) is 6.61 Å². The highest BCUT2D eigenvalue weighted by atomic mass is 16.3. The molecule has 3 heteroatoms. The molecule has 0 aliphatic heterocycles. The molecule has 0 saturated heterocycles. The fourth-order valence-electron chi connectivity index (χ4n) is 1.41. The zero-order valence-electron chi connectivity index (χ0n) is 8.01. The number of hydrogen-bond acceptors (Lipinski definition) is 2. The van der Waals surface area contributed by atoms with E-state index < -0.39 is 0 Å². The third kappa shape index (κ3) is 1.54. The highest BCUT2D eigenvalue weighted by molar-refractivity contribution is 5.35. The van der Waals surface area contributed by atoms with E-state index >= 15 is 0 Å². The first-order valence-electron chi connectivity index (χ1n) is 4.51. The van der Waals surface area contributed by atoms with Gasteiger partial charge in [-0.15, -0.1) is 0 Å². The van der Waals surface area contributed by atoms with Crippen LogP contribution in [0.5, 0.6) is 0 Å². The summed E-state index contributed by atoms with van der Waals surface area (Å²) < 4.78 is 2.00. The molecule has 0 aliphatic carbocycles. The van der Waals surface area contributed by atoms with Gasteiger partial charge in [0, 0.05) is 18.1 Å². The van der Waals surface area contributed by atoms with Gasteiger partial charge in [-0.2, -0.15) is 0 Å². The Labute approximate surface area is 82.7 Å². The van der Waals surface area contributed by atoms with Gasteiger partial charge in [0.2, 0.25) is 0 Å². The Balaban J connectivity index is 2.39. The molecule has 2 rings (SSSR count). The van der Waals surface area contributed by atoms with Gasteiger partial charge >= 0.3 is 0 Å². The van der Waals surface area contributed by atoms with Crippen LogP contribution < -0.4 is 0 Å². The van der Waals surface area contributed by atoms with Crippen molar-refractivity contribution in [2.45, 2.75) is 13.5 Å². The lowest BCUT2D eigenvalue weighted by Gasteiger charge is -2.05. The first-order chi connectivity index (χ1) is 6.81. The summed E-state index contributed by atoms with van der Waals surface area (Å²) in [5, 5.41) is 8.89. The van der Waals surface area contributed by atoms with E-state index in [1.807, 2.05) is 42.0 Å². The molecule has 0 spiro atoms. The van der Waals surface area contributed by atoms with Crippen LogP contribution in [0.15, 0.2) is 36.7 Å². The number of nitrogens with zero attached hydrogens (tertiary/aromatic N) is 2. The van der Waals surface area contributed by atoms with Crippen molar-refractivity contribution in [3.63, 3.8) is 0 Å². The molecular weight excluding hydrogens is 176 g/mol. The molecular formula is C11H12N2O. The molecule has 1 N–H and O–H groups in total. The smallest absolute Gasteiger partial charge is 0.110 e. The van der Waals surface area contributed by atoms with E-state index in [0.717, 1.165) is 17.1 Å². The highest BCUT2D eigenvalue weighted by Crippen LogP contribution is 2.11. The minimum absolute atomic E-state index is 0.0865. The van der Waals surface area contributed by atoms with Crippen molar-refractivity contribution < 1.29 is 5.11 Å². The summed E-state index contributed by atoms with van der Waals surface area (Å²) in [4.78, 5) is 4.15. The molecule has 2 aromatic rings. The van der Waals surface area contributed by atoms with Crippen molar-refractivity contribution in [2.24, 2.45) is 0 Å². The lowest BCUT2D eigenvalue weighted by atomic mass is 10.2. The summed E-state index contributed by atoms with van der Waals surface area (Å²) in [7, 11) is 0. The van der Waals surface area contributed by atoms with Gasteiger partial charge in [0.25, 0.3) is 0 Å². The second kappa shape index (κ2) is 3.64. The molecule has 72 valence electrons. The third-order valence-corrected chi connectivity index (χ3v) is 2.22. The molecule has 0 saturated carbocycles. The van der Waals surface area contributed by atoms with Gasteiger partial charge in [-0.3, -0.25) is 0 Å². The minimum atomic E-state index is 0.0865. The molecule has 0 bridgehead atoms. The summed E-state index contributed by atoms with van der Waals surface area (Å²) in [6.45, 7) is 2.04. The number of aryl methyl sites for hydroxylation is 1. The molecule has 3 nitrogen and oxygen atoms in total. The Morgan fingerprint density at radius 3 is 2.50 bits per heavy atom. The van der Waals surface area contributed by atoms with E-state index in [0.29, 0.717) is 0 Å². The van der Waals surface area contributed by atoms with Crippen LogP contribution in [0.25, 0.3) is 5.69 Å². The van der Waals surface area contributed by atoms with E-state index in [1.165, 1.54) is 0 Å². The average Bonchev–Trinajstić information content (AvgIpc) is 2.65. The van der Waals surface area contributed by atoms with E-state index in [1.54, 1.807) is 6.20 Å². The number of aliphatic hydroxyl groups excluding tert-OH is 1. The fraction of sp³-hybridized carbons (Fsp3) is 0.182. The second-order valence-corrected chi connectivity index (χ2v) is 3.17. The SMILES string of the molecule is Cc1nccn1-c1ccc(CO)cc1. The molecule has 0 amide bonds. The summed E-state index contributed by atoms with van der Waals surface area (Å²) >= 11 is 0. The van der Waals surface area contributed by atoms with Crippen LogP contribution in [0.2, 0.25) is 0 Å². The molecule has 0 radical (unpaired) electrons. The van der Waals surface area contributed by atoms with Gasteiger partial charge in [-0.25, -0.2) is 4.98 Å². The molecule has 0 unspecified atom stereocenters. The number of aromatic nitrogens is 2. The van der Waals surface area contributed by atoms with Crippen LogP contribution in [0.3, 0.4) is 0 Å². The van der Waals surface area contributed by atoms with Crippen LogP contribution in [0, 0.1) is 6.92 Å². The number of benzene rings is 1. The van der Waals surface area contributed by atoms with Crippen LogP contribution in [0.4, 0.5) is 0 Å². The molecule has 0 fully saturated rings. The van der Waals surface area contributed by atoms with Crippen LogP contribution in [0.1, 0.15) is 11.4 Å². The van der Waals surface area contributed by atoms with Gasteiger partial charge in [0.15, 0.2) is 0 Å². The van der Waals surface area contributed by atoms with Crippen LogP contribution >= 0.6 is 0 Å². The average molecular weight is 188 g/mol. The summed E-state index contributed by atoms with van der Waals surface area (Å²) in [5.41, 5.74) is 1.99. The lowest BCUT2D eigenvalue weighted by molar-refractivity contribution is 0.282. The Kier molecular flexibility index (Phi) is 2.33. The first kappa shape index (κ1) is 8.97. The van der Waals surface area contributed by atoms with Crippen molar-refractivity contribution in [2.75, 3.05) is 0 Å². The van der Waals surface area contributed by atoms with Crippen molar-refractivity contribution in [3.05, 3.63) is 48.0 Å². The van der Waals surface area contributed by atoms with E-state index in [2.05, 4.69) is 4.98 Å². The predicted octanol–water partition coefficient (Wildman–Crippen LogP) is 1.67. The van der Waals surface area contributed by atoms with Gasteiger partial charge in [-0.1, -0.05) is 12.1 Å². The lowest BCUT2D eigenvalue weighted by Crippen LogP contribution is -1.95. The summed E-state index contributed by atoms with van der Waals surface area (Å²) in [6, 6.07) is 7.77. The summed E-state index contributed by atoms with van der Waals surface area (Å²) in [6.07, 6.45) is 3.69. The Morgan fingerprint density at radius 2 is 2.00 bits per heavy atom. The first-order valence-corrected chi connectivity index (χ1v) is 4.51. The Morgan fingerprint density at radius 1 is 1.29 bits per heavy atom. The molecule has 1 aromatic carbocycles. The van der Waals surface area contributed by atoms with E-state index in [4.69, 9.17) is 5.11 Å².